The molecule has 0 fully saturated rings. The van der Waals surface area contributed by atoms with Crippen LogP contribution in [0.15, 0.2) is 0 Å². The van der Waals surface area contributed by atoms with Gasteiger partial charge in [-0.25, -0.2) is 0 Å². The summed E-state index contributed by atoms with van der Waals surface area (Å²) in [5.74, 6) is -0.688. The topological polar surface area (TPSA) is 147 Å². The predicted octanol–water partition coefficient (Wildman–Crippen LogP) is -3.48. The normalized spacial score (nSPS) is 19.4. The number of amides is 1. The van der Waals surface area contributed by atoms with Crippen LogP contribution in [-0.4, -0.2) is 74.8 Å². The molecule has 0 aliphatic rings. The van der Waals surface area contributed by atoms with Crippen molar-refractivity contribution in [1.29, 1.82) is 0 Å². The molecule has 0 aromatic heterocycles. The minimum absolute atomic E-state index is 0.192. The molecule has 0 rings (SSSR count). The van der Waals surface area contributed by atoms with Gasteiger partial charge in [-0.1, -0.05) is 0 Å². The molecule has 0 radical (unpaired) electrons. The van der Waals surface area contributed by atoms with Gasteiger partial charge >= 0.3 is 0 Å². The zero-order chi connectivity index (χ0) is 14.3. The van der Waals surface area contributed by atoms with E-state index >= 15 is 0 Å². The Bertz CT molecular complexity index is 271. The van der Waals surface area contributed by atoms with Crippen LogP contribution in [0.3, 0.4) is 0 Å². The first-order chi connectivity index (χ1) is 8.33. The van der Waals surface area contributed by atoms with Gasteiger partial charge in [0, 0.05) is 0 Å². The van der Waals surface area contributed by atoms with E-state index in [9.17, 15) is 19.8 Å². The largest absolute Gasteiger partial charge is 0.394 e. The van der Waals surface area contributed by atoms with Crippen LogP contribution in [0.25, 0.3) is 0 Å². The Kier molecular flexibility index (Phi) is 7.64. The fourth-order valence-electron chi connectivity index (χ4n) is 1.26. The average molecular weight is 265 g/mol. The lowest BCUT2D eigenvalue weighted by molar-refractivity contribution is -0.132. The highest BCUT2D eigenvalue weighted by molar-refractivity contribution is 5.80. The fourth-order valence-corrected chi connectivity index (χ4v) is 1.26. The van der Waals surface area contributed by atoms with Gasteiger partial charge in [-0.05, 0) is 6.92 Å². The molecule has 0 saturated heterocycles. The van der Waals surface area contributed by atoms with Gasteiger partial charge in [-0.2, -0.15) is 0 Å². The second kappa shape index (κ2) is 8.11. The molecular weight excluding hydrogens is 246 g/mol. The van der Waals surface area contributed by atoms with Crippen molar-refractivity contribution < 1.29 is 35.1 Å². The molecule has 0 aromatic carbocycles. The molecule has 0 aromatic rings. The molecule has 0 aliphatic carbocycles. The highest BCUT2D eigenvalue weighted by Gasteiger charge is 2.31. The van der Waals surface area contributed by atoms with Crippen LogP contribution in [-0.2, 0) is 9.59 Å². The first-order valence-corrected chi connectivity index (χ1v) is 5.41. The van der Waals surface area contributed by atoms with E-state index in [2.05, 4.69) is 5.32 Å². The number of hydrogen-bond donors (Lipinski definition) is 6. The third kappa shape index (κ3) is 5.52. The lowest BCUT2D eigenvalue weighted by atomic mass is 10.0. The minimum Gasteiger partial charge on any atom is -0.394 e. The van der Waals surface area contributed by atoms with Crippen molar-refractivity contribution in [3.63, 3.8) is 0 Å². The lowest BCUT2D eigenvalue weighted by Crippen LogP contribution is -2.53. The van der Waals surface area contributed by atoms with Gasteiger partial charge in [0.15, 0.2) is 0 Å². The summed E-state index contributed by atoms with van der Waals surface area (Å²) >= 11 is 0. The van der Waals surface area contributed by atoms with E-state index in [1.807, 2.05) is 0 Å². The van der Waals surface area contributed by atoms with Gasteiger partial charge in [-0.15, -0.1) is 0 Å². The smallest absolute Gasteiger partial charge is 0.223 e. The number of carbonyl (C=O) groups excluding carboxylic acids is 2. The number of rotatable bonds is 8. The summed E-state index contributed by atoms with van der Waals surface area (Å²) < 4.78 is 0. The number of aldehydes is 1. The van der Waals surface area contributed by atoms with Gasteiger partial charge in [-0.3, -0.25) is 4.79 Å². The maximum absolute atomic E-state index is 11.3. The lowest BCUT2D eigenvalue weighted by Gasteiger charge is -2.26. The molecule has 5 atom stereocenters. The molecule has 0 bridgehead atoms. The number of hydrogen-bond acceptors (Lipinski definition) is 7. The molecule has 8 nitrogen and oxygen atoms in total. The van der Waals surface area contributed by atoms with E-state index in [1.165, 1.54) is 6.92 Å². The van der Waals surface area contributed by atoms with Gasteiger partial charge in [0.05, 0.1) is 19.1 Å². The number of carbonyl (C=O) groups is 2. The Labute approximate surface area is 104 Å². The quantitative estimate of drug-likeness (QED) is 0.250. The second-order valence-electron chi connectivity index (χ2n) is 4.01. The Balaban J connectivity index is 4.48. The summed E-state index contributed by atoms with van der Waals surface area (Å²) in [4.78, 5) is 21.9. The van der Waals surface area contributed by atoms with Crippen LogP contribution in [0.2, 0.25) is 0 Å². The molecule has 8 heteroatoms. The summed E-state index contributed by atoms with van der Waals surface area (Å²) in [5.41, 5.74) is 0. The van der Waals surface area contributed by atoms with Crippen molar-refractivity contribution in [2.45, 2.75) is 43.8 Å². The Morgan fingerprint density at radius 1 is 1.22 bits per heavy atom. The maximum atomic E-state index is 11.3. The average Bonchev–Trinajstić information content (AvgIpc) is 2.32. The van der Waals surface area contributed by atoms with Crippen molar-refractivity contribution in [1.82, 2.24) is 5.32 Å². The van der Waals surface area contributed by atoms with Crippen LogP contribution < -0.4 is 5.32 Å². The standard InChI is InChI=1S/C10H19NO7/c1-5(14)2-8(16)11-6(3-12)9(17)10(18)7(15)4-13/h3,5-7,9-10,13-15,17-18H,2,4H2,1H3,(H,11,16)/t5-,6+,7-,9-,10-/m1/s1. The molecule has 0 aliphatic heterocycles. The maximum Gasteiger partial charge on any atom is 0.223 e. The number of nitrogens with one attached hydrogen (secondary N) is 1. The molecule has 6 N–H and O–H groups in total. The van der Waals surface area contributed by atoms with Crippen molar-refractivity contribution in [2.24, 2.45) is 0 Å². The highest BCUT2D eigenvalue weighted by Crippen LogP contribution is 2.04. The summed E-state index contributed by atoms with van der Waals surface area (Å²) in [6.45, 7) is 0.571. The van der Waals surface area contributed by atoms with Crippen molar-refractivity contribution >= 4 is 12.2 Å². The van der Waals surface area contributed by atoms with Gasteiger partial charge in [0.1, 0.15) is 30.6 Å². The molecule has 18 heavy (non-hydrogen) atoms. The summed E-state index contributed by atoms with van der Waals surface area (Å²) in [6.07, 6.45) is -6.16. The van der Waals surface area contributed by atoms with Crippen LogP contribution >= 0.6 is 0 Å². The zero-order valence-corrected chi connectivity index (χ0v) is 9.93. The molecule has 0 saturated carbocycles. The first-order valence-electron chi connectivity index (χ1n) is 5.41. The third-order valence-corrected chi connectivity index (χ3v) is 2.25. The number of aliphatic hydroxyl groups excluding tert-OH is 5. The van der Waals surface area contributed by atoms with E-state index in [1.54, 1.807) is 0 Å². The monoisotopic (exact) mass is 265 g/mol. The van der Waals surface area contributed by atoms with E-state index in [-0.39, 0.29) is 12.7 Å². The Morgan fingerprint density at radius 2 is 1.78 bits per heavy atom. The molecule has 0 spiro atoms. The fraction of sp³-hybridized carbons (Fsp3) is 0.800. The van der Waals surface area contributed by atoms with Crippen molar-refractivity contribution in [3.05, 3.63) is 0 Å². The first kappa shape index (κ1) is 16.9. The van der Waals surface area contributed by atoms with Gasteiger partial charge in [0.2, 0.25) is 5.91 Å². The summed E-state index contributed by atoms with van der Waals surface area (Å²) in [5, 5.41) is 47.6. The Hall–Kier alpha value is -1.06. The van der Waals surface area contributed by atoms with Crippen LogP contribution in [0.1, 0.15) is 13.3 Å². The van der Waals surface area contributed by atoms with E-state index in [0.29, 0.717) is 0 Å². The summed E-state index contributed by atoms with van der Waals surface area (Å²) in [7, 11) is 0. The van der Waals surface area contributed by atoms with Gasteiger partial charge < -0.3 is 35.6 Å². The van der Waals surface area contributed by atoms with Crippen molar-refractivity contribution in [3.8, 4) is 0 Å². The van der Waals surface area contributed by atoms with E-state index in [4.69, 9.17) is 15.3 Å². The zero-order valence-electron chi connectivity index (χ0n) is 9.93. The molecule has 0 heterocycles. The van der Waals surface area contributed by atoms with E-state index < -0.39 is 43.0 Å². The van der Waals surface area contributed by atoms with Crippen LogP contribution in [0.4, 0.5) is 0 Å². The SMILES string of the molecule is C[C@@H](O)CC(=O)N[C@@H](C=O)[C@@H](O)[C@H](O)[C@H](O)CO. The molecule has 0 unspecified atom stereocenters. The number of aliphatic hydroxyl groups is 5. The third-order valence-electron chi connectivity index (χ3n) is 2.25. The van der Waals surface area contributed by atoms with Crippen molar-refractivity contribution in [2.75, 3.05) is 6.61 Å². The predicted molar refractivity (Wildman–Crippen MR) is 59.4 cm³/mol. The Morgan fingerprint density at radius 3 is 2.17 bits per heavy atom. The molecular formula is C10H19NO7. The highest BCUT2D eigenvalue weighted by atomic mass is 16.4. The second-order valence-corrected chi connectivity index (χ2v) is 4.01. The van der Waals surface area contributed by atoms with Crippen LogP contribution in [0, 0.1) is 0 Å². The van der Waals surface area contributed by atoms with Gasteiger partial charge in [0.25, 0.3) is 0 Å². The molecule has 106 valence electrons. The minimum atomic E-state index is -1.78. The van der Waals surface area contributed by atoms with E-state index in [0.717, 1.165) is 0 Å². The van der Waals surface area contributed by atoms with Crippen LogP contribution in [0.5, 0.6) is 0 Å². The summed E-state index contributed by atoms with van der Waals surface area (Å²) in [6, 6.07) is -1.44. The molecule has 1 amide bonds.